The molecule has 0 radical (unpaired) electrons. The summed E-state index contributed by atoms with van der Waals surface area (Å²) in [6.45, 7) is 1.52. The van der Waals surface area contributed by atoms with Crippen molar-refractivity contribution >= 4 is 18.3 Å². The molecule has 5 nitrogen and oxygen atoms in total. The van der Waals surface area contributed by atoms with Gasteiger partial charge >= 0.3 is 0 Å². The first-order valence-electron chi connectivity index (χ1n) is 7.64. The lowest BCUT2D eigenvalue weighted by Crippen LogP contribution is -2.41. The molecule has 3 rings (SSSR count). The van der Waals surface area contributed by atoms with Gasteiger partial charge in [0, 0.05) is 25.9 Å². The van der Waals surface area contributed by atoms with Crippen LogP contribution in [0.2, 0.25) is 0 Å². The summed E-state index contributed by atoms with van der Waals surface area (Å²) >= 11 is 0. The second-order valence-electron chi connectivity index (χ2n) is 5.57. The first-order chi connectivity index (χ1) is 11.2. The summed E-state index contributed by atoms with van der Waals surface area (Å²) in [5.74, 6) is 0.921. The van der Waals surface area contributed by atoms with Crippen LogP contribution in [0.1, 0.15) is 29.0 Å². The number of benzene rings is 1. The zero-order valence-corrected chi connectivity index (χ0v) is 13.9. The van der Waals surface area contributed by atoms with Gasteiger partial charge in [-0.15, -0.1) is 12.4 Å². The van der Waals surface area contributed by atoms with Gasteiger partial charge in [-0.2, -0.15) is 0 Å². The predicted molar refractivity (Wildman–Crippen MR) is 89.8 cm³/mol. The van der Waals surface area contributed by atoms with Gasteiger partial charge in [0.2, 0.25) is 0 Å². The molecule has 0 atom stereocenters. The van der Waals surface area contributed by atoms with Crippen molar-refractivity contribution in [1.29, 1.82) is 0 Å². The molecule has 2 heterocycles. The fourth-order valence-corrected chi connectivity index (χ4v) is 2.66. The Morgan fingerprint density at radius 1 is 1.29 bits per heavy atom. The standard InChI is InChI=1S/C17H19FN2O3.ClH/c18-13-1-3-14(4-2-13)23-15-5-7-20(8-6-15)17(21)12-9-16(10-19)22-11-12;/h1-4,9,11,15H,5-8,10,19H2;1H. The molecule has 24 heavy (non-hydrogen) atoms. The minimum absolute atomic E-state index is 0. The zero-order chi connectivity index (χ0) is 16.2. The van der Waals surface area contributed by atoms with Crippen molar-refractivity contribution in [3.63, 3.8) is 0 Å². The van der Waals surface area contributed by atoms with E-state index < -0.39 is 0 Å². The van der Waals surface area contributed by atoms with Crippen molar-refractivity contribution in [3.05, 3.63) is 53.7 Å². The van der Waals surface area contributed by atoms with Gasteiger partial charge in [-0.1, -0.05) is 0 Å². The maximum Gasteiger partial charge on any atom is 0.257 e. The number of amides is 1. The van der Waals surface area contributed by atoms with E-state index in [1.54, 1.807) is 23.1 Å². The van der Waals surface area contributed by atoms with Crippen LogP contribution >= 0.6 is 12.4 Å². The molecule has 1 aliphatic heterocycles. The number of hydrogen-bond acceptors (Lipinski definition) is 4. The zero-order valence-electron chi connectivity index (χ0n) is 13.1. The minimum atomic E-state index is -0.283. The molecule has 7 heteroatoms. The number of halogens is 2. The van der Waals surface area contributed by atoms with E-state index >= 15 is 0 Å². The maximum absolute atomic E-state index is 12.9. The third-order valence-electron chi connectivity index (χ3n) is 3.95. The van der Waals surface area contributed by atoms with Crippen molar-refractivity contribution in [1.82, 2.24) is 4.90 Å². The van der Waals surface area contributed by atoms with E-state index in [1.165, 1.54) is 18.4 Å². The van der Waals surface area contributed by atoms with Crippen LogP contribution in [0.3, 0.4) is 0 Å². The number of nitrogens with zero attached hydrogens (tertiary/aromatic N) is 1. The van der Waals surface area contributed by atoms with Crippen molar-refractivity contribution in [2.75, 3.05) is 13.1 Å². The van der Waals surface area contributed by atoms with Crippen LogP contribution in [0.25, 0.3) is 0 Å². The van der Waals surface area contributed by atoms with Gasteiger partial charge in [0.15, 0.2) is 0 Å². The molecule has 130 valence electrons. The molecule has 1 aliphatic rings. The van der Waals surface area contributed by atoms with E-state index in [9.17, 15) is 9.18 Å². The molecule has 0 spiro atoms. The summed E-state index contributed by atoms with van der Waals surface area (Å²) in [5.41, 5.74) is 6.01. The number of furan rings is 1. The second kappa shape index (κ2) is 8.17. The Labute approximate surface area is 146 Å². The highest BCUT2D eigenvalue weighted by Crippen LogP contribution is 2.21. The number of rotatable bonds is 4. The highest BCUT2D eigenvalue weighted by molar-refractivity contribution is 5.94. The molecule has 0 aliphatic carbocycles. The number of piperidine rings is 1. The molecule has 0 saturated carbocycles. The van der Waals surface area contributed by atoms with Crippen LogP contribution in [0.4, 0.5) is 4.39 Å². The molecule has 0 bridgehead atoms. The molecule has 0 unspecified atom stereocenters. The summed E-state index contributed by atoms with van der Waals surface area (Å²) < 4.78 is 23.9. The first-order valence-corrected chi connectivity index (χ1v) is 7.64. The topological polar surface area (TPSA) is 68.7 Å². The summed E-state index contributed by atoms with van der Waals surface area (Å²) in [7, 11) is 0. The highest BCUT2D eigenvalue weighted by atomic mass is 35.5. The Balaban J connectivity index is 0.00000208. The Morgan fingerprint density at radius 3 is 2.54 bits per heavy atom. The van der Waals surface area contributed by atoms with Crippen molar-refractivity contribution in [2.45, 2.75) is 25.5 Å². The van der Waals surface area contributed by atoms with Crippen LogP contribution in [0.5, 0.6) is 5.75 Å². The highest BCUT2D eigenvalue weighted by Gasteiger charge is 2.25. The lowest BCUT2D eigenvalue weighted by molar-refractivity contribution is 0.0595. The van der Waals surface area contributed by atoms with Gasteiger partial charge in [-0.3, -0.25) is 4.79 Å². The Kier molecular flexibility index (Phi) is 6.23. The fourth-order valence-electron chi connectivity index (χ4n) is 2.66. The lowest BCUT2D eigenvalue weighted by atomic mass is 10.1. The third kappa shape index (κ3) is 4.27. The monoisotopic (exact) mass is 354 g/mol. The summed E-state index contributed by atoms with van der Waals surface area (Å²) in [6.07, 6.45) is 2.97. The Morgan fingerprint density at radius 2 is 1.96 bits per heavy atom. The van der Waals surface area contributed by atoms with Crippen LogP contribution in [0, 0.1) is 5.82 Å². The van der Waals surface area contributed by atoms with E-state index in [0.29, 0.717) is 30.2 Å². The van der Waals surface area contributed by atoms with Crippen molar-refractivity contribution in [2.24, 2.45) is 5.73 Å². The van der Waals surface area contributed by atoms with Crippen LogP contribution in [0.15, 0.2) is 41.0 Å². The molecule has 1 aromatic carbocycles. The van der Waals surface area contributed by atoms with Gasteiger partial charge in [0.25, 0.3) is 5.91 Å². The molecule has 1 fully saturated rings. The third-order valence-corrected chi connectivity index (χ3v) is 3.95. The van der Waals surface area contributed by atoms with Gasteiger partial charge in [-0.25, -0.2) is 4.39 Å². The van der Waals surface area contributed by atoms with Crippen LogP contribution < -0.4 is 10.5 Å². The predicted octanol–water partition coefficient (Wildman–Crippen LogP) is 2.98. The average molecular weight is 355 g/mol. The van der Waals surface area contributed by atoms with Crippen molar-refractivity contribution < 1.29 is 18.3 Å². The number of carbonyl (C=O) groups is 1. The number of nitrogens with two attached hydrogens (primary N) is 1. The molecule has 1 aromatic heterocycles. The average Bonchev–Trinajstić information content (AvgIpc) is 3.06. The van der Waals surface area contributed by atoms with Crippen molar-refractivity contribution in [3.8, 4) is 5.75 Å². The smallest absolute Gasteiger partial charge is 0.257 e. The van der Waals surface area contributed by atoms with Gasteiger partial charge in [-0.05, 0) is 30.3 Å². The fraction of sp³-hybridized carbons (Fsp3) is 0.353. The van der Waals surface area contributed by atoms with Crippen LogP contribution in [-0.2, 0) is 6.54 Å². The molecule has 2 aromatic rings. The van der Waals surface area contributed by atoms with E-state index in [2.05, 4.69) is 0 Å². The number of likely N-dealkylation sites (tertiary alicyclic amines) is 1. The molecular weight excluding hydrogens is 335 g/mol. The Bertz CT molecular complexity index is 667. The maximum atomic E-state index is 12.9. The number of carbonyl (C=O) groups excluding carboxylic acids is 1. The second-order valence-corrected chi connectivity index (χ2v) is 5.57. The molecule has 1 saturated heterocycles. The largest absolute Gasteiger partial charge is 0.490 e. The normalized spacial score (nSPS) is 15.0. The van der Waals surface area contributed by atoms with E-state index in [0.717, 1.165) is 12.8 Å². The summed E-state index contributed by atoms with van der Waals surface area (Å²) in [5, 5.41) is 0. The van der Waals surface area contributed by atoms with Gasteiger partial charge in [0.1, 0.15) is 29.7 Å². The lowest BCUT2D eigenvalue weighted by Gasteiger charge is -2.32. The SMILES string of the molecule is Cl.NCc1cc(C(=O)N2CCC(Oc3ccc(F)cc3)CC2)co1. The number of ether oxygens (including phenoxy) is 1. The van der Waals surface area contributed by atoms with E-state index in [-0.39, 0.29) is 36.8 Å². The number of hydrogen-bond donors (Lipinski definition) is 1. The Hall–Kier alpha value is -2.05. The quantitative estimate of drug-likeness (QED) is 0.916. The van der Waals surface area contributed by atoms with Gasteiger partial charge in [0.05, 0.1) is 12.1 Å². The molecular formula is C17H20ClFN2O3. The summed E-state index contributed by atoms with van der Waals surface area (Å²) in [6, 6.07) is 7.67. The van der Waals surface area contributed by atoms with E-state index in [4.69, 9.17) is 14.9 Å². The first kappa shape index (κ1) is 18.3. The van der Waals surface area contributed by atoms with Gasteiger partial charge < -0.3 is 19.8 Å². The molecule has 2 N–H and O–H groups in total. The van der Waals surface area contributed by atoms with Crippen LogP contribution in [-0.4, -0.2) is 30.0 Å². The molecule has 1 amide bonds. The minimum Gasteiger partial charge on any atom is -0.490 e. The van der Waals surface area contributed by atoms with E-state index in [1.807, 2.05) is 0 Å². The summed E-state index contributed by atoms with van der Waals surface area (Å²) in [4.78, 5) is 14.2.